The fraction of sp³-hybridized carbons (Fsp3) is 0.923. The lowest BCUT2D eigenvalue weighted by Crippen LogP contribution is -2.34. The summed E-state index contributed by atoms with van der Waals surface area (Å²) in [6, 6.07) is 0. The van der Waals surface area contributed by atoms with E-state index in [9.17, 15) is 4.79 Å². The number of ketones is 1. The van der Waals surface area contributed by atoms with Crippen molar-refractivity contribution in [1.82, 2.24) is 0 Å². The summed E-state index contributed by atoms with van der Waals surface area (Å²) in [5.74, 6) is 1.70. The predicted octanol–water partition coefficient (Wildman–Crippen LogP) is 3.57. The van der Waals surface area contributed by atoms with Gasteiger partial charge in [0.2, 0.25) is 0 Å². The zero-order chi connectivity index (χ0) is 10.2. The lowest BCUT2D eigenvalue weighted by Gasteiger charge is -2.37. The summed E-state index contributed by atoms with van der Waals surface area (Å²) in [6.07, 6.45) is 8.48. The molecule has 2 saturated carbocycles. The Morgan fingerprint density at radius 2 is 1.93 bits per heavy atom. The van der Waals surface area contributed by atoms with Crippen LogP contribution in [0.2, 0.25) is 0 Å². The summed E-state index contributed by atoms with van der Waals surface area (Å²) in [5, 5.41) is 0. The molecular formula is C13H22O. The van der Waals surface area contributed by atoms with Gasteiger partial charge in [0.15, 0.2) is 0 Å². The molecule has 0 bridgehead atoms. The lowest BCUT2D eigenvalue weighted by molar-refractivity contribution is -0.128. The second kappa shape index (κ2) is 3.67. The maximum Gasteiger partial charge on any atom is 0.136 e. The molecule has 1 atom stereocenters. The Balaban J connectivity index is 1.95. The first-order chi connectivity index (χ1) is 6.59. The van der Waals surface area contributed by atoms with Crippen molar-refractivity contribution in [2.45, 2.75) is 58.8 Å². The molecule has 0 N–H and O–H groups in total. The fourth-order valence-electron chi connectivity index (χ4n) is 2.84. The van der Waals surface area contributed by atoms with Crippen molar-refractivity contribution in [2.24, 2.45) is 17.3 Å². The number of rotatable bonds is 3. The molecule has 0 radical (unpaired) electrons. The van der Waals surface area contributed by atoms with Crippen LogP contribution in [-0.2, 0) is 4.79 Å². The zero-order valence-electron chi connectivity index (χ0n) is 9.51. The van der Waals surface area contributed by atoms with E-state index in [4.69, 9.17) is 0 Å². The highest BCUT2D eigenvalue weighted by molar-refractivity contribution is 5.82. The highest BCUT2D eigenvalue weighted by Crippen LogP contribution is 2.43. The fourth-order valence-corrected chi connectivity index (χ4v) is 2.84. The van der Waals surface area contributed by atoms with E-state index in [0.717, 1.165) is 18.8 Å². The van der Waals surface area contributed by atoms with E-state index in [0.29, 0.717) is 11.7 Å². The molecule has 14 heavy (non-hydrogen) atoms. The molecule has 0 aliphatic heterocycles. The highest BCUT2D eigenvalue weighted by atomic mass is 16.1. The average Bonchev–Trinajstić information content (AvgIpc) is 2.87. The quantitative estimate of drug-likeness (QED) is 0.671. The monoisotopic (exact) mass is 194 g/mol. The SMILES string of the molecule is CC1(C)CCCCC1C(=O)CC1CC1. The van der Waals surface area contributed by atoms with Crippen molar-refractivity contribution in [3.63, 3.8) is 0 Å². The largest absolute Gasteiger partial charge is 0.299 e. The second-order valence-electron chi connectivity index (χ2n) is 5.90. The van der Waals surface area contributed by atoms with Gasteiger partial charge in [-0.05, 0) is 37.0 Å². The Labute approximate surface area is 87.3 Å². The number of hydrogen-bond acceptors (Lipinski definition) is 1. The van der Waals surface area contributed by atoms with Gasteiger partial charge in [-0.1, -0.05) is 26.7 Å². The first-order valence-electron chi connectivity index (χ1n) is 6.12. The van der Waals surface area contributed by atoms with Crippen molar-refractivity contribution in [3.8, 4) is 0 Å². The molecular weight excluding hydrogens is 172 g/mol. The van der Waals surface area contributed by atoms with Gasteiger partial charge in [-0.15, -0.1) is 0 Å². The van der Waals surface area contributed by atoms with Gasteiger partial charge in [-0.2, -0.15) is 0 Å². The molecule has 1 nitrogen and oxygen atoms in total. The highest BCUT2D eigenvalue weighted by Gasteiger charge is 2.38. The molecule has 1 unspecified atom stereocenters. The van der Waals surface area contributed by atoms with Crippen molar-refractivity contribution in [1.29, 1.82) is 0 Å². The molecule has 1 heteroatoms. The molecule has 0 aromatic heterocycles. The van der Waals surface area contributed by atoms with Crippen molar-refractivity contribution < 1.29 is 4.79 Å². The minimum atomic E-state index is 0.282. The van der Waals surface area contributed by atoms with Crippen LogP contribution in [0.15, 0.2) is 0 Å². The Morgan fingerprint density at radius 3 is 2.50 bits per heavy atom. The van der Waals surface area contributed by atoms with Crippen LogP contribution in [0.5, 0.6) is 0 Å². The maximum absolute atomic E-state index is 12.1. The van der Waals surface area contributed by atoms with Crippen LogP contribution >= 0.6 is 0 Å². The first kappa shape index (κ1) is 10.2. The van der Waals surface area contributed by atoms with Crippen LogP contribution in [0.25, 0.3) is 0 Å². The van der Waals surface area contributed by atoms with E-state index >= 15 is 0 Å². The molecule has 2 rings (SSSR count). The van der Waals surface area contributed by atoms with Crippen LogP contribution < -0.4 is 0 Å². The molecule has 0 aromatic carbocycles. The third-order valence-electron chi connectivity index (χ3n) is 4.08. The van der Waals surface area contributed by atoms with Crippen molar-refractivity contribution in [2.75, 3.05) is 0 Å². The number of carbonyl (C=O) groups is 1. The summed E-state index contributed by atoms with van der Waals surface area (Å²) < 4.78 is 0. The van der Waals surface area contributed by atoms with E-state index in [-0.39, 0.29) is 5.41 Å². The van der Waals surface area contributed by atoms with E-state index in [1.807, 2.05) is 0 Å². The molecule has 0 amide bonds. The molecule has 0 heterocycles. The van der Waals surface area contributed by atoms with Gasteiger partial charge >= 0.3 is 0 Å². The van der Waals surface area contributed by atoms with Gasteiger partial charge in [-0.3, -0.25) is 4.79 Å². The van der Waals surface area contributed by atoms with Gasteiger partial charge in [0.1, 0.15) is 5.78 Å². The molecule has 0 saturated heterocycles. The summed E-state index contributed by atoms with van der Waals surface area (Å²) in [7, 11) is 0. The number of hydrogen-bond donors (Lipinski definition) is 0. The Morgan fingerprint density at radius 1 is 1.21 bits per heavy atom. The van der Waals surface area contributed by atoms with Gasteiger partial charge in [0, 0.05) is 12.3 Å². The summed E-state index contributed by atoms with van der Waals surface area (Å²) in [4.78, 5) is 12.1. The van der Waals surface area contributed by atoms with Crippen LogP contribution in [-0.4, -0.2) is 5.78 Å². The number of carbonyl (C=O) groups excluding carboxylic acids is 1. The Hall–Kier alpha value is -0.330. The van der Waals surface area contributed by atoms with Gasteiger partial charge in [0.05, 0.1) is 0 Å². The van der Waals surface area contributed by atoms with E-state index in [2.05, 4.69) is 13.8 Å². The summed E-state index contributed by atoms with van der Waals surface area (Å²) in [6.45, 7) is 4.56. The summed E-state index contributed by atoms with van der Waals surface area (Å²) in [5.41, 5.74) is 0.282. The molecule has 0 spiro atoms. The minimum absolute atomic E-state index is 0.282. The average molecular weight is 194 g/mol. The van der Waals surface area contributed by atoms with Gasteiger partial charge < -0.3 is 0 Å². The minimum Gasteiger partial charge on any atom is -0.299 e. The van der Waals surface area contributed by atoms with Crippen molar-refractivity contribution in [3.05, 3.63) is 0 Å². The van der Waals surface area contributed by atoms with Crippen LogP contribution in [0.4, 0.5) is 0 Å². The maximum atomic E-state index is 12.1. The standard InChI is InChI=1S/C13H22O/c1-13(2)8-4-3-5-11(13)12(14)9-10-6-7-10/h10-11H,3-9H2,1-2H3. The van der Waals surface area contributed by atoms with Crippen LogP contribution in [0, 0.1) is 17.3 Å². The predicted molar refractivity (Wildman–Crippen MR) is 58.1 cm³/mol. The third kappa shape index (κ3) is 2.18. The molecule has 2 aliphatic carbocycles. The van der Waals surface area contributed by atoms with Crippen LogP contribution in [0.3, 0.4) is 0 Å². The molecule has 80 valence electrons. The van der Waals surface area contributed by atoms with Gasteiger partial charge in [0.25, 0.3) is 0 Å². The topological polar surface area (TPSA) is 17.1 Å². The van der Waals surface area contributed by atoms with E-state index < -0.39 is 0 Å². The normalized spacial score (nSPS) is 31.4. The Bertz CT molecular complexity index is 225. The smallest absolute Gasteiger partial charge is 0.136 e. The third-order valence-corrected chi connectivity index (χ3v) is 4.08. The first-order valence-corrected chi connectivity index (χ1v) is 6.12. The number of Topliss-reactive ketones (excluding diaryl/α,β-unsaturated/α-hetero) is 1. The lowest BCUT2D eigenvalue weighted by atomic mass is 9.66. The van der Waals surface area contributed by atoms with Crippen LogP contribution in [0.1, 0.15) is 58.8 Å². The Kier molecular flexibility index (Phi) is 2.68. The molecule has 2 aliphatic rings. The van der Waals surface area contributed by atoms with E-state index in [1.165, 1.54) is 32.1 Å². The van der Waals surface area contributed by atoms with Gasteiger partial charge in [-0.25, -0.2) is 0 Å². The summed E-state index contributed by atoms with van der Waals surface area (Å²) >= 11 is 0. The second-order valence-corrected chi connectivity index (χ2v) is 5.90. The van der Waals surface area contributed by atoms with Crippen molar-refractivity contribution >= 4 is 5.78 Å². The molecule has 2 fully saturated rings. The zero-order valence-corrected chi connectivity index (χ0v) is 9.51. The van der Waals surface area contributed by atoms with E-state index in [1.54, 1.807) is 0 Å². The molecule has 0 aromatic rings.